The van der Waals surface area contributed by atoms with Crippen LogP contribution in [0.3, 0.4) is 0 Å². The van der Waals surface area contributed by atoms with Crippen molar-refractivity contribution in [3.05, 3.63) is 42.7 Å². The third kappa shape index (κ3) is 1.64. The fourth-order valence-corrected chi connectivity index (χ4v) is 1.67. The molecule has 0 unspecified atom stereocenters. The molecule has 3 rings (SSSR count). The summed E-state index contributed by atoms with van der Waals surface area (Å²) >= 11 is 0. The highest BCUT2D eigenvalue weighted by Gasteiger charge is 2.07. The Morgan fingerprint density at radius 3 is 2.82 bits per heavy atom. The molecule has 2 N–H and O–H groups in total. The van der Waals surface area contributed by atoms with E-state index in [1.54, 1.807) is 11.0 Å². The summed E-state index contributed by atoms with van der Waals surface area (Å²) in [5, 5.41) is 5.17. The molecule has 0 saturated carbocycles. The lowest BCUT2D eigenvalue weighted by Gasteiger charge is -2.03. The molecule has 0 amide bonds. The van der Waals surface area contributed by atoms with E-state index >= 15 is 0 Å². The SMILES string of the molecule is NCc1ncn(-c2ncnc3ccccc23)n1. The van der Waals surface area contributed by atoms with E-state index in [0.29, 0.717) is 18.2 Å². The number of benzene rings is 1. The monoisotopic (exact) mass is 226 g/mol. The Balaban J connectivity index is 2.23. The first-order chi connectivity index (χ1) is 8.38. The second-order valence-corrected chi connectivity index (χ2v) is 3.52. The second-order valence-electron chi connectivity index (χ2n) is 3.52. The Hall–Kier alpha value is -2.34. The number of hydrogen-bond donors (Lipinski definition) is 1. The van der Waals surface area contributed by atoms with Crippen LogP contribution in [0.2, 0.25) is 0 Å². The lowest BCUT2D eigenvalue weighted by molar-refractivity contribution is 0.812. The molecule has 2 heterocycles. The van der Waals surface area contributed by atoms with Crippen LogP contribution in [0.1, 0.15) is 5.82 Å². The van der Waals surface area contributed by atoms with Crippen molar-refractivity contribution in [2.24, 2.45) is 5.73 Å². The number of fused-ring (bicyclic) bond motifs is 1. The third-order valence-corrected chi connectivity index (χ3v) is 2.46. The van der Waals surface area contributed by atoms with E-state index in [0.717, 1.165) is 10.9 Å². The summed E-state index contributed by atoms with van der Waals surface area (Å²) < 4.78 is 1.62. The van der Waals surface area contributed by atoms with Gasteiger partial charge in [0.2, 0.25) is 0 Å². The summed E-state index contributed by atoms with van der Waals surface area (Å²) in [6, 6.07) is 7.76. The summed E-state index contributed by atoms with van der Waals surface area (Å²) in [6.07, 6.45) is 3.12. The standard InChI is InChI=1S/C11H10N6/c12-5-10-15-7-17(16-10)11-8-3-1-2-4-9(8)13-6-14-11/h1-4,6-7H,5,12H2. The van der Waals surface area contributed by atoms with Gasteiger partial charge in [-0.15, -0.1) is 5.10 Å². The van der Waals surface area contributed by atoms with Gasteiger partial charge >= 0.3 is 0 Å². The first-order valence-corrected chi connectivity index (χ1v) is 5.19. The zero-order valence-electron chi connectivity index (χ0n) is 8.98. The summed E-state index contributed by atoms with van der Waals surface area (Å²) in [5.74, 6) is 1.30. The van der Waals surface area contributed by atoms with Gasteiger partial charge in [0.05, 0.1) is 12.1 Å². The zero-order chi connectivity index (χ0) is 11.7. The van der Waals surface area contributed by atoms with E-state index in [9.17, 15) is 0 Å². The van der Waals surface area contributed by atoms with Gasteiger partial charge < -0.3 is 5.73 Å². The summed E-state index contributed by atoms with van der Waals surface area (Å²) in [7, 11) is 0. The molecule has 84 valence electrons. The Kier molecular flexibility index (Phi) is 2.27. The first kappa shape index (κ1) is 9.86. The Bertz CT molecular complexity index is 654. The lowest BCUT2D eigenvalue weighted by atomic mass is 10.2. The van der Waals surface area contributed by atoms with Crippen LogP contribution in [0.15, 0.2) is 36.9 Å². The Morgan fingerprint density at radius 2 is 2.00 bits per heavy atom. The molecule has 0 bridgehead atoms. The molecule has 0 atom stereocenters. The fourth-order valence-electron chi connectivity index (χ4n) is 1.67. The van der Waals surface area contributed by atoms with Gasteiger partial charge in [-0.25, -0.2) is 19.6 Å². The minimum Gasteiger partial charge on any atom is -0.324 e. The number of nitrogens with two attached hydrogens (primary N) is 1. The van der Waals surface area contributed by atoms with Crippen LogP contribution >= 0.6 is 0 Å². The molecule has 1 aromatic carbocycles. The summed E-state index contributed by atoms with van der Waals surface area (Å²) in [4.78, 5) is 12.5. The second kappa shape index (κ2) is 3.91. The van der Waals surface area contributed by atoms with Gasteiger partial charge in [-0.05, 0) is 12.1 Å². The van der Waals surface area contributed by atoms with Crippen molar-refractivity contribution in [3.63, 3.8) is 0 Å². The highest BCUT2D eigenvalue weighted by atomic mass is 15.4. The quantitative estimate of drug-likeness (QED) is 0.694. The largest absolute Gasteiger partial charge is 0.324 e. The van der Waals surface area contributed by atoms with Gasteiger partial charge in [-0.2, -0.15) is 0 Å². The molecule has 6 heteroatoms. The fraction of sp³-hybridized carbons (Fsp3) is 0.0909. The van der Waals surface area contributed by atoms with E-state index in [-0.39, 0.29) is 0 Å². The molecule has 0 saturated heterocycles. The van der Waals surface area contributed by atoms with Crippen molar-refractivity contribution in [1.82, 2.24) is 24.7 Å². The highest BCUT2D eigenvalue weighted by Crippen LogP contribution is 2.16. The minimum absolute atomic E-state index is 0.315. The average molecular weight is 226 g/mol. The molecule has 0 aliphatic heterocycles. The Morgan fingerprint density at radius 1 is 1.12 bits per heavy atom. The van der Waals surface area contributed by atoms with E-state index in [4.69, 9.17) is 5.73 Å². The van der Waals surface area contributed by atoms with Crippen LogP contribution in [0.25, 0.3) is 16.7 Å². The van der Waals surface area contributed by atoms with Gasteiger partial charge in [0.1, 0.15) is 12.7 Å². The molecule has 3 aromatic rings. The van der Waals surface area contributed by atoms with Crippen LogP contribution in [-0.2, 0) is 6.54 Å². The average Bonchev–Trinajstić information content (AvgIpc) is 2.87. The summed E-state index contributed by atoms with van der Waals surface area (Å²) in [6.45, 7) is 0.315. The predicted molar refractivity (Wildman–Crippen MR) is 62.3 cm³/mol. The number of aromatic nitrogens is 5. The van der Waals surface area contributed by atoms with E-state index < -0.39 is 0 Å². The van der Waals surface area contributed by atoms with Crippen molar-refractivity contribution >= 4 is 10.9 Å². The van der Waals surface area contributed by atoms with E-state index in [1.807, 2.05) is 24.3 Å². The number of hydrogen-bond acceptors (Lipinski definition) is 5. The smallest absolute Gasteiger partial charge is 0.166 e. The molecular formula is C11H10N6. The van der Waals surface area contributed by atoms with E-state index in [1.165, 1.54) is 6.33 Å². The molecular weight excluding hydrogens is 216 g/mol. The summed E-state index contributed by atoms with van der Waals surface area (Å²) in [5.41, 5.74) is 6.36. The maximum Gasteiger partial charge on any atom is 0.166 e. The van der Waals surface area contributed by atoms with Crippen LogP contribution in [0, 0.1) is 0 Å². The Labute approximate surface area is 97.1 Å². The molecule has 0 radical (unpaired) electrons. The van der Waals surface area contributed by atoms with Gasteiger partial charge in [0, 0.05) is 5.39 Å². The van der Waals surface area contributed by atoms with Crippen molar-refractivity contribution in [2.45, 2.75) is 6.54 Å². The van der Waals surface area contributed by atoms with Crippen molar-refractivity contribution < 1.29 is 0 Å². The molecule has 0 aliphatic carbocycles. The molecule has 0 fully saturated rings. The molecule has 17 heavy (non-hydrogen) atoms. The molecule has 0 spiro atoms. The predicted octanol–water partition coefficient (Wildman–Crippen LogP) is 0.669. The zero-order valence-corrected chi connectivity index (χ0v) is 8.98. The normalized spacial score (nSPS) is 10.9. The van der Waals surface area contributed by atoms with Crippen LogP contribution < -0.4 is 5.73 Å². The third-order valence-electron chi connectivity index (χ3n) is 2.46. The number of rotatable bonds is 2. The topological polar surface area (TPSA) is 82.5 Å². The van der Waals surface area contributed by atoms with Gasteiger partial charge in [0.15, 0.2) is 11.6 Å². The minimum atomic E-state index is 0.315. The van der Waals surface area contributed by atoms with Crippen molar-refractivity contribution in [2.75, 3.05) is 0 Å². The maximum absolute atomic E-state index is 5.48. The maximum atomic E-state index is 5.48. The van der Waals surface area contributed by atoms with Gasteiger partial charge in [-0.3, -0.25) is 0 Å². The highest BCUT2D eigenvalue weighted by molar-refractivity contribution is 5.84. The lowest BCUT2D eigenvalue weighted by Crippen LogP contribution is -2.03. The number of para-hydroxylation sites is 1. The van der Waals surface area contributed by atoms with Gasteiger partial charge in [-0.1, -0.05) is 12.1 Å². The van der Waals surface area contributed by atoms with Gasteiger partial charge in [0.25, 0.3) is 0 Å². The van der Waals surface area contributed by atoms with Crippen molar-refractivity contribution in [3.8, 4) is 5.82 Å². The van der Waals surface area contributed by atoms with Crippen LogP contribution in [0.4, 0.5) is 0 Å². The number of nitrogens with zero attached hydrogens (tertiary/aromatic N) is 5. The van der Waals surface area contributed by atoms with E-state index in [2.05, 4.69) is 20.1 Å². The van der Waals surface area contributed by atoms with Crippen molar-refractivity contribution in [1.29, 1.82) is 0 Å². The first-order valence-electron chi connectivity index (χ1n) is 5.19. The van der Waals surface area contributed by atoms with Crippen LogP contribution in [0.5, 0.6) is 0 Å². The molecule has 6 nitrogen and oxygen atoms in total. The molecule has 0 aliphatic rings. The molecule has 2 aromatic heterocycles. The van der Waals surface area contributed by atoms with Crippen LogP contribution in [-0.4, -0.2) is 24.7 Å².